The monoisotopic (exact) mass is 407 g/mol. The largest absolute Gasteiger partial charge is 0.264 e. The van der Waals surface area contributed by atoms with Gasteiger partial charge in [0.25, 0.3) is 0 Å². The molecule has 0 unspecified atom stereocenters. The van der Waals surface area contributed by atoms with Gasteiger partial charge in [-0.25, -0.2) is 0 Å². The molecule has 0 aliphatic heterocycles. The zero-order valence-corrected chi connectivity index (χ0v) is 17.2. The summed E-state index contributed by atoms with van der Waals surface area (Å²) in [5, 5.41) is 9.60. The summed E-state index contributed by atoms with van der Waals surface area (Å²) in [7, 11) is 0. The second-order valence-corrected chi connectivity index (χ2v) is 8.16. The third-order valence-corrected chi connectivity index (χ3v) is 6.39. The molecule has 0 radical (unpaired) electrons. The molecule has 0 amide bonds. The molecule has 7 aromatic rings. The summed E-state index contributed by atoms with van der Waals surface area (Å²) >= 11 is 0. The van der Waals surface area contributed by atoms with Gasteiger partial charge in [-0.2, -0.15) is 0 Å². The van der Waals surface area contributed by atoms with Gasteiger partial charge in [0.15, 0.2) is 0 Å². The minimum absolute atomic E-state index is 0.940. The Hall–Kier alpha value is -4.37. The van der Waals surface area contributed by atoms with Crippen LogP contribution in [0.25, 0.3) is 65.3 Å². The fourth-order valence-electron chi connectivity index (χ4n) is 4.87. The highest BCUT2D eigenvalue weighted by atomic mass is 14.7. The first kappa shape index (κ1) is 17.3. The molecule has 4 aromatic carbocycles. The number of aromatic nitrogens is 3. The van der Waals surface area contributed by atoms with E-state index in [9.17, 15) is 0 Å². The van der Waals surface area contributed by atoms with Gasteiger partial charge in [0.2, 0.25) is 0 Å². The number of rotatable bonds is 1. The Kier molecular flexibility index (Phi) is 3.55. The average Bonchev–Trinajstić information content (AvgIpc) is 2.88. The summed E-state index contributed by atoms with van der Waals surface area (Å²) in [6.07, 6.45) is 7.63. The molecule has 0 aliphatic carbocycles. The molecule has 3 nitrogen and oxygen atoms in total. The molecule has 0 aliphatic rings. The Morgan fingerprint density at radius 1 is 0.438 bits per heavy atom. The van der Waals surface area contributed by atoms with Crippen molar-refractivity contribution in [3.63, 3.8) is 0 Å². The molecule has 7 rings (SSSR count). The molecule has 0 saturated carbocycles. The van der Waals surface area contributed by atoms with Gasteiger partial charge < -0.3 is 0 Å². The Morgan fingerprint density at radius 3 is 2.16 bits per heavy atom. The van der Waals surface area contributed by atoms with E-state index in [0.717, 1.165) is 32.9 Å². The fourth-order valence-corrected chi connectivity index (χ4v) is 4.87. The van der Waals surface area contributed by atoms with Crippen LogP contribution < -0.4 is 0 Å². The third-order valence-electron chi connectivity index (χ3n) is 6.39. The van der Waals surface area contributed by atoms with E-state index in [1.54, 1.807) is 0 Å². The Morgan fingerprint density at radius 2 is 1.22 bits per heavy atom. The van der Waals surface area contributed by atoms with Crippen molar-refractivity contribution >= 4 is 54.1 Å². The predicted octanol–water partition coefficient (Wildman–Crippen LogP) is 7.30. The zero-order valence-electron chi connectivity index (χ0n) is 17.2. The topological polar surface area (TPSA) is 38.7 Å². The van der Waals surface area contributed by atoms with Gasteiger partial charge in [-0.1, -0.05) is 54.6 Å². The SMILES string of the molecule is c1cnc2c(c1)ccc1cc(-c3ccc4c5ccccc5c5cnccc5c4c3)cnc12. The van der Waals surface area contributed by atoms with Gasteiger partial charge in [-0.05, 0) is 56.8 Å². The molecular formula is C29H17N3. The molecule has 0 atom stereocenters. The van der Waals surface area contributed by atoms with Crippen LogP contribution in [-0.4, -0.2) is 15.0 Å². The summed E-state index contributed by atoms with van der Waals surface area (Å²) in [6, 6.07) is 27.9. The zero-order chi connectivity index (χ0) is 21.1. The van der Waals surface area contributed by atoms with E-state index >= 15 is 0 Å². The van der Waals surface area contributed by atoms with E-state index in [0.29, 0.717) is 0 Å². The van der Waals surface area contributed by atoms with Gasteiger partial charge >= 0.3 is 0 Å². The van der Waals surface area contributed by atoms with E-state index in [1.165, 1.54) is 32.3 Å². The summed E-state index contributed by atoms with van der Waals surface area (Å²) in [4.78, 5) is 13.7. The lowest BCUT2D eigenvalue weighted by Gasteiger charge is -2.12. The maximum absolute atomic E-state index is 4.81. The standard InChI is InChI=1S/C29H17N3/c1-2-6-23-22(5-1)24-10-9-19(15-26(24)25-11-13-30-17-27(23)25)21-14-20-8-7-18-4-3-12-31-28(18)29(20)32-16-21/h1-17H. The van der Waals surface area contributed by atoms with Crippen LogP contribution >= 0.6 is 0 Å². The molecule has 32 heavy (non-hydrogen) atoms. The summed E-state index contributed by atoms with van der Waals surface area (Å²) in [6.45, 7) is 0. The summed E-state index contributed by atoms with van der Waals surface area (Å²) < 4.78 is 0. The van der Waals surface area contributed by atoms with Crippen LogP contribution in [0.5, 0.6) is 0 Å². The van der Waals surface area contributed by atoms with Gasteiger partial charge in [0.05, 0.1) is 11.0 Å². The lowest BCUT2D eigenvalue weighted by Crippen LogP contribution is -1.88. The van der Waals surface area contributed by atoms with E-state index in [4.69, 9.17) is 4.98 Å². The quantitative estimate of drug-likeness (QED) is 0.268. The highest BCUT2D eigenvalue weighted by molar-refractivity contribution is 6.25. The van der Waals surface area contributed by atoms with Crippen LogP contribution in [0.3, 0.4) is 0 Å². The fraction of sp³-hybridized carbons (Fsp3) is 0. The Balaban J connectivity index is 1.51. The molecule has 0 saturated heterocycles. The summed E-state index contributed by atoms with van der Waals surface area (Å²) in [5.74, 6) is 0. The van der Waals surface area contributed by atoms with Crippen molar-refractivity contribution in [3.8, 4) is 11.1 Å². The lowest BCUT2D eigenvalue weighted by atomic mass is 9.93. The van der Waals surface area contributed by atoms with Gasteiger partial charge in [-0.3, -0.25) is 15.0 Å². The van der Waals surface area contributed by atoms with Gasteiger partial charge in [0.1, 0.15) is 0 Å². The molecule has 3 aromatic heterocycles. The van der Waals surface area contributed by atoms with Crippen LogP contribution in [0, 0.1) is 0 Å². The van der Waals surface area contributed by atoms with Crippen molar-refractivity contribution in [2.24, 2.45) is 0 Å². The van der Waals surface area contributed by atoms with Gasteiger partial charge in [0, 0.05) is 46.5 Å². The van der Waals surface area contributed by atoms with Crippen molar-refractivity contribution in [3.05, 3.63) is 104 Å². The smallest absolute Gasteiger partial charge is 0.0964 e. The van der Waals surface area contributed by atoms with Crippen molar-refractivity contribution in [1.82, 2.24) is 15.0 Å². The van der Waals surface area contributed by atoms with Crippen molar-refractivity contribution in [2.45, 2.75) is 0 Å². The molecule has 0 fully saturated rings. The van der Waals surface area contributed by atoms with Crippen LogP contribution in [0.2, 0.25) is 0 Å². The van der Waals surface area contributed by atoms with Crippen molar-refractivity contribution < 1.29 is 0 Å². The maximum atomic E-state index is 4.81. The highest BCUT2D eigenvalue weighted by Gasteiger charge is 2.11. The maximum Gasteiger partial charge on any atom is 0.0964 e. The van der Waals surface area contributed by atoms with Crippen LogP contribution in [0.4, 0.5) is 0 Å². The molecule has 0 N–H and O–H groups in total. The molecule has 3 heteroatoms. The molecular weight excluding hydrogens is 390 g/mol. The summed E-state index contributed by atoms with van der Waals surface area (Å²) in [5.41, 5.74) is 4.14. The van der Waals surface area contributed by atoms with Crippen LogP contribution in [0.1, 0.15) is 0 Å². The number of hydrogen-bond acceptors (Lipinski definition) is 3. The number of pyridine rings is 3. The second kappa shape index (κ2) is 6.56. The minimum atomic E-state index is 0.940. The third kappa shape index (κ3) is 2.45. The van der Waals surface area contributed by atoms with Crippen molar-refractivity contribution in [2.75, 3.05) is 0 Å². The first-order chi connectivity index (χ1) is 15.9. The van der Waals surface area contributed by atoms with Crippen LogP contribution in [-0.2, 0) is 0 Å². The van der Waals surface area contributed by atoms with E-state index in [2.05, 4.69) is 82.8 Å². The number of hydrogen-bond donors (Lipinski definition) is 0. The second-order valence-electron chi connectivity index (χ2n) is 8.16. The van der Waals surface area contributed by atoms with E-state index in [1.807, 2.05) is 30.9 Å². The Labute approximate surface area is 184 Å². The highest BCUT2D eigenvalue weighted by Crippen LogP contribution is 2.37. The number of benzene rings is 4. The minimum Gasteiger partial charge on any atom is -0.264 e. The van der Waals surface area contributed by atoms with Crippen LogP contribution in [0.15, 0.2) is 104 Å². The van der Waals surface area contributed by atoms with Gasteiger partial charge in [-0.15, -0.1) is 0 Å². The Bertz CT molecular complexity index is 1800. The normalized spacial score (nSPS) is 11.8. The molecule has 0 spiro atoms. The first-order valence-electron chi connectivity index (χ1n) is 10.7. The van der Waals surface area contributed by atoms with Crippen molar-refractivity contribution in [1.29, 1.82) is 0 Å². The molecule has 148 valence electrons. The van der Waals surface area contributed by atoms with E-state index < -0.39 is 0 Å². The average molecular weight is 407 g/mol. The predicted molar refractivity (Wildman–Crippen MR) is 133 cm³/mol. The first-order valence-corrected chi connectivity index (χ1v) is 10.7. The number of nitrogens with zero attached hydrogens (tertiary/aromatic N) is 3. The molecule has 3 heterocycles. The van der Waals surface area contributed by atoms with E-state index in [-0.39, 0.29) is 0 Å². The lowest BCUT2D eigenvalue weighted by molar-refractivity contribution is 1.37. The molecule has 0 bridgehead atoms. The number of fused-ring (bicyclic) bond motifs is 9.